The monoisotopic (exact) mass is 308 g/mol. The lowest BCUT2D eigenvalue weighted by Gasteiger charge is -2.11. The highest BCUT2D eigenvalue weighted by atomic mass is 16.5. The lowest BCUT2D eigenvalue weighted by molar-refractivity contribution is -0.144. The van der Waals surface area contributed by atoms with E-state index >= 15 is 0 Å². The zero-order valence-electron chi connectivity index (χ0n) is 14.2. The minimum atomic E-state index is -0.581. The lowest BCUT2D eigenvalue weighted by Crippen LogP contribution is -2.15. The van der Waals surface area contributed by atoms with Crippen molar-refractivity contribution in [2.45, 2.75) is 78.4 Å². The molecule has 124 valence electrons. The maximum absolute atomic E-state index is 11.6. The number of rotatable bonds is 10. The Balaban J connectivity index is 4.07. The van der Waals surface area contributed by atoms with E-state index in [0.717, 1.165) is 31.4 Å². The van der Waals surface area contributed by atoms with E-state index < -0.39 is 18.0 Å². The van der Waals surface area contributed by atoms with Gasteiger partial charge in [0.25, 0.3) is 0 Å². The van der Waals surface area contributed by atoms with Crippen LogP contribution in [0.25, 0.3) is 0 Å². The number of hydrogen-bond donors (Lipinski definition) is 0. The third-order valence-corrected chi connectivity index (χ3v) is 3.07. The van der Waals surface area contributed by atoms with Crippen LogP contribution in [0.15, 0.2) is 12.2 Å². The van der Waals surface area contributed by atoms with Gasteiger partial charge in [0.2, 0.25) is 0 Å². The lowest BCUT2D eigenvalue weighted by atomic mass is 10.1. The van der Waals surface area contributed by atoms with Gasteiger partial charge in [-0.25, -0.2) is 9.59 Å². The highest BCUT2D eigenvalue weighted by Gasteiger charge is 2.09. The Kier molecular flexibility index (Phi) is 11.9. The Morgan fingerprint density at radius 2 is 1.68 bits per heavy atom. The molecule has 0 radical (unpaired) electrons. The van der Waals surface area contributed by atoms with Crippen LogP contribution >= 0.6 is 0 Å². The summed E-state index contributed by atoms with van der Waals surface area (Å²) in [5, 5.41) is 0. The second kappa shape index (κ2) is 12.9. The molecule has 22 heavy (non-hydrogen) atoms. The molecule has 0 aliphatic heterocycles. The average Bonchev–Trinajstić information content (AvgIpc) is 2.49. The second-order valence-corrected chi connectivity index (χ2v) is 5.16. The van der Waals surface area contributed by atoms with Crippen LogP contribution in [-0.4, -0.2) is 24.1 Å². The van der Waals surface area contributed by atoms with E-state index in [9.17, 15) is 9.59 Å². The average molecular weight is 308 g/mol. The van der Waals surface area contributed by atoms with E-state index in [4.69, 9.17) is 9.47 Å². The first kappa shape index (κ1) is 20.2. The van der Waals surface area contributed by atoms with Crippen LogP contribution in [0, 0.1) is 11.8 Å². The van der Waals surface area contributed by atoms with Crippen LogP contribution in [-0.2, 0) is 19.1 Å². The summed E-state index contributed by atoms with van der Waals surface area (Å²) in [6, 6.07) is 0. The minimum absolute atomic E-state index is 0.139. The number of unbranched alkanes of at least 4 members (excludes halogenated alkanes) is 3. The Morgan fingerprint density at radius 3 is 2.23 bits per heavy atom. The van der Waals surface area contributed by atoms with Crippen LogP contribution in [0.1, 0.15) is 66.2 Å². The Morgan fingerprint density at radius 1 is 1.05 bits per heavy atom. The zero-order chi connectivity index (χ0) is 16.8. The van der Waals surface area contributed by atoms with Gasteiger partial charge in [-0.1, -0.05) is 39.0 Å². The molecular weight excluding hydrogens is 280 g/mol. The van der Waals surface area contributed by atoms with Crippen molar-refractivity contribution in [3.05, 3.63) is 12.2 Å². The number of carbonyl (C=O) groups excluding carboxylic acids is 2. The number of esters is 2. The molecule has 0 spiro atoms. The first-order chi connectivity index (χ1) is 10.5. The standard InChI is InChI=1S/C18H28O4/c1-5-8-9-10-12-15(4)21-17(19)13-14-18(20)22-16(7-3)11-6-2/h13-16H,5,7-10,12H2,1-4H3/b14-13+. The summed E-state index contributed by atoms with van der Waals surface area (Å²) < 4.78 is 10.3. The Bertz CT molecular complexity index is 415. The largest absolute Gasteiger partial charge is 0.460 e. The number of ether oxygens (including phenoxy) is 2. The van der Waals surface area contributed by atoms with Crippen molar-refractivity contribution >= 4 is 11.9 Å². The van der Waals surface area contributed by atoms with Crippen LogP contribution in [0.4, 0.5) is 0 Å². The first-order valence-electron chi connectivity index (χ1n) is 8.05. The Labute approximate surface area is 134 Å². The predicted molar refractivity (Wildman–Crippen MR) is 87.1 cm³/mol. The van der Waals surface area contributed by atoms with Crippen LogP contribution in [0.2, 0.25) is 0 Å². The van der Waals surface area contributed by atoms with Crippen LogP contribution in [0.3, 0.4) is 0 Å². The van der Waals surface area contributed by atoms with Crippen molar-refractivity contribution in [1.82, 2.24) is 0 Å². The van der Waals surface area contributed by atoms with Crippen molar-refractivity contribution in [3.63, 3.8) is 0 Å². The summed E-state index contributed by atoms with van der Waals surface area (Å²) in [7, 11) is 0. The highest BCUT2D eigenvalue weighted by molar-refractivity contribution is 5.91. The third-order valence-electron chi connectivity index (χ3n) is 3.07. The SMILES string of the molecule is CC#CC(CC)OC(=O)/C=C/C(=O)OC(C)CCCCCC. The molecular formula is C18H28O4. The van der Waals surface area contributed by atoms with Crippen molar-refractivity contribution in [1.29, 1.82) is 0 Å². The summed E-state index contributed by atoms with van der Waals surface area (Å²) in [6.45, 7) is 7.58. The molecule has 0 heterocycles. The van der Waals surface area contributed by atoms with Gasteiger partial charge >= 0.3 is 11.9 Å². The first-order valence-corrected chi connectivity index (χ1v) is 8.05. The molecule has 0 aliphatic carbocycles. The van der Waals surface area contributed by atoms with Crippen molar-refractivity contribution in [3.8, 4) is 11.8 Å². The van der Waals surface area contributed by atoms with E-state index in [2.05, 4.69) is 18.8 Å². The zero-order valence-corrected chi connectivity index (χ0v) is 14.2. The maximum atomic E-state index is 11.6. The summed E-state index contributed by atoms with van der Waals surface area (Å²) in [4.78, 5) is 23.1. The molecule has 2 unspecified atom stereocenters. The quantitative estimate of drug-likeness (QED) is 0.267. The fourth-order valence-corrected chi connectivity index (χ4v) is 1.85. The van der Waals surface area contributed by atoms with Gasteiger partial charge in [0.15, 0.2) is 6.10 Å². The molecule has 0 fully saturated rings. The minimum Gasteiger partial charge on any atom is -0.460 e. The van der Waals surface area contributed by atoms with E-state index in [1.807, 2.05) is 13.8 Å². The summed E-state index contributed by atoms with van der Waals surface area (Å²) >= 11 is 0. The second-order valence-electron chi connectivity index (χ2n) is 5.16. The molecule has 0 saturated carbocycles. The number of hydrogen-bond acceptors (Lipinski definition) is 4. The molecule has 0 aromatic rings. The van der Waals surface area contributed by atoms with E-state index in [1.165, 1.54) is 12.8 Å². The van der Waals surface area contributed by atoms with Crippen molar-refractivity contribution < 1.29 is 19.1 Å². The van der Waals surface area contributed by atoms with Crippen LogP contribution < -0.4 is 0 Å². The van der Waals surface area contributed by atoms with Gasteiger partial charge in [-0.15, -0.1) is 5.92 Å². The van der Waals surface area contributed by atoms with Gasteiger partial charge in [0.1, 0.15) is 0 Å². The van der Waals surface area contributed by atoms with Gasteiger partial charge in [-0.05, 0) is 33.1 Å². The molecule has 0 aromatic heterocycles. The van der Waals surface area contributed by atoms with Gasteiger partial charge in [-0.2, -0.15) is 0 Å². The molecule has 4 nitrogen and oxygen atoms in total. The third kappa shape index (κ3) is 11.0. The predicted octanol–water partition coefficient (Wildman–Crippen LogP) is 3.79. The summed E-state index contributed by atoms with van der Waals surface area (Å²) in [6.07, 6.45) is 7.65. The van der Waals surface area contributed by atoms with E-state index in [-0.39, 0.29) is 6.10 Å². The molecule has 0 amide bonds. The Hall–Kier alpha value is -1.76. The van der Waals surface area contributed by atoms with Crippen molar-refractivity contribution in [2.75, 3.05) is 0 Å². The van der Waals surface area contributed by atoms with Gasteiger partial charge in [0, 0.05) is 12.2 Å². The molecule has 0 aromatic carbocycles. The normalized spacial score (nSPS) is 13.1. The molecule has 4 heteroatoms. The van der Waals surface area contributed by atoms with Gasteiger partial charge in [0.05, 0.1) is 6.10 Å². The van der Waals surface area contributed by atoms with E-state index in [1.54, 1.807) is 6.92 Å². The molecule has 0 saturated heterocycles. The summed E-state index contributed by atoms with van der Waals surface area (Å²) in [5.41, 5.74) is 0. The topological polar surface area (TPSA) is 52.6 Å². The molecule has 0 aliphatic rings. The van der Waals surface area contributed by atoms with Crippen LogP contribution in [0.5, 0.6) is 0 Å². The fourth-order valence-electron chi connectivity index (χ4n) is 1.85. The van der Waals surface area contributed by atoms with Gasteiger partial charge < -0.3 is 9.47 Å². The van der Waals surface area contributed by atoms with Gasteiger partial charge in [-0.3, -0.25) is 0 Å². The molecule has 0 N–H and O–H groups in total. The molecule has 0 bridgehead atoms. The van der Waals surface area contributed by atoms with E-state index in [0.29, 0.717) is 6.42 Å². The smallest absolute Gasteiger partial charge is 0.332 e. The summed E-state index contributed by atoms with van der Waals surface area (Å²) in [5.74, 6) is 4.37. The molecule has 0 rings (SSSR count). The molecule has 2 atom stereocenters. The highest BCUT2D eigenvalue weighted by Crippen LogP contribution is 2.08. The maximum Gasteiger partial charge on any atom is 0.332 e. The van der Waals surface area contributed by atoms with Crippen molar-refractivity contribution in [2.24, 2.45) is 0 Å². The fraction of sp³-hybridized carbons (Fsp3) is 0.667. The number of carbonyl (C=O) groups is 2.